The third kappa shape index (κ3) is 2.09. The van der Waals surface area contributed by atoms with Crippen LogP contribution in [0.15, 0.2) is 4.52 Å². The van der Waals surface area contributed by atoms with Crippen LogP contribution in [-0.4, -0.2) is 30.3 Å². The fourth-order valence-electron chi connectivity index (χ4n) is 2.08. The molecule has 96 valence electrons. The zero-order valence-corrected chi connectivity index (χ0v) is 11.0. The topological polar surface area (TPSA) is 60.2 Å². The zero-order valence-electron chi connectivity index (χ0n) is 11.0. The first-order chi connectivity index (χ1) is 8.04. The van der Waals surface area contributed by atoms with Crippen LogP contribution >= 0.6 is 0 Å². The molecule has 0 amide bonds. The van der Waals surface area contributed by atoms with Gasteiger partial charge in [-0.1, -0.05) is 12.1 Å². The Morgan fingerprint density at radius 3 is 2.88 bits per heavy atom. The van der Waals surface area contributed by atoms with Gasteiger partial charge in [0.05, 0.1) is 5.41 Å². The minimum absolute atomic E-state index is 0.0341. The molecule has 2 rings (SSSR count). The summed E-state index contributed by atoms with van der Waals surface area (Å²) in [6.07, 6.45) is 1.85. The van der Waals surface area contributed by atoms with E-state index in [0.29, 0.717) is 11.7 Å². The largest absolute Gasteiger partial charge is 0.370 e. The lowest BCUT2D eigenvalue weighted by Crippen LogP contribution is -2.27. The lowest BCUT2D eigenvalue weighted by Gasteiger charge is -2.22. The third-order valence-electron chi connectivity index (χ3n) is 3.91. The quantitative estimate of drug-likeness (QED) is 0.864. The molecular formula is C12H21N3O2. The van der Waals surface area contributed by atoms with Crippen LogP contribution in [-0.2, 0) is 15.8 Å². The molecule has 0 saturated carbocycles. The monoisotopic (exact) mass is 239 g/mol. The number of hydrogen-bond acceptors (Lipinski definition) is 5. The Bertz CT molecular complexity index is 360. The van der Waals surface area contributed by atoms with Crippen LogP contribution in [0.1, 0.15) is 45.3 Å². The standard InChI is InChI=1S/C12H21N3O2/c1-5-12(3,16-4)9-14-10(17-15-9)11(2)6-7-13-8-11/h13H,5-8H2,1-4H3. The average Bonchev–Trinajstić information content (AvgIpc) is 2.97. The maximum Gasteiger partial charge on any atom is 0.234 e. The van der Waals surface area contributed by atoms with Gasteiger partial charge in [0.1, 0.15) is 5.60 Å². The van der Waals surface area contributed by atoms with E-state index in [1.54, 1.807) is 7.11 Å². The predicted molar refractivity (Wildman–Crippen MR) is 63.8 cm³/mol. The van der Waals surface area contributed by atoms with Gasteiger partial charge in [-0.15, -0.1) is 0 Å². The fraction of sp³-hybridized carbons (Fsp3) is 0.833. The van der Waals surface area contributed by atoms with Gasteiger partial charge in [0.25, 0.3) is 0 Å². The molecule has 1 aromatic heterocycles. The summed E-state index contributed by atoms with van der Waals surface area (Å²) in [5, 5.41) is 7.41. The molecule has 5 nitrogen and oxygen atoms in total. The molecule has 1 saturated heterocycles. The van der Waals surface area contributed by atoms with E-state index in [0.717, 1.165) is 25.9 Å². The lowest BCUT2D eigenvalue weighted by atomic mass is 9.90. The second-order valence-electron chi connectivity index (χ2n) is 5.20. The molecule has 0 radical (unpaired) electrons. The number of nitrogens with one attached hydrogen (secondary N) is 1. The Hall–Kier alpha value is -0.940. The van der Waals surface area contributed by atoms with Gasteiger partial charge in [-0.2, -0.15) is 4.98 Å². The summed E-state index contributed by atoms with van der Waals surface area (Å²) in [5.74, 6) is 1.36. The summed E-state index contributed by atoms with van der Waals surface area (Å²) < 4.78 is 10.9. The summed E-state index contributed by atoms with van der Waals surface area (Å²) in [6.45, 7) is 8.09. The van der Waals surface area contributed by atoms with E-state index in [2.05, 4.69) is 29.3 Å². The molecule has 0 spiro atoms. The number of ether oxygens (including phenoxy) is 1. The van der Waals surface area contributed by atoms with Crippen LogP contribution in [0.3, 0.4) is 0 Å². The van der Waals surface area contributed by atoms with Crippen molar-refractivity contribution < 1.29 is 9.26 Å². The molecule has 2 atom stereocenters. The lowest BCUT2D eigenvalue weighted by molar-refractivity contribution is -0.0106. The van der Waals surface area contributed by atoms with Crippen LogP contribution in [0, 0.1) is 0 Å². The summed E-state index contributed by atoms with van der Waals surface area (Å²) >= 11 is 0. The average molecular weight is 239 g/mol. The van der Waals surface area contributed by atoms with Gasteiger partial charge < -0.3 is 14.6 Å². The van der Waals surface area contributed by atoms with Gasteiger partial charge in [-0.05, 0) is 33.2 Å². The summed E-state index contributed by atoms with van der Waals surface area (Å²) in [5.41, 5.74) is -0.488. The van der Waals surface area contributed by atoms with Gasteiger partial charge in [-0.25, -0.2) is 0 Å². The molecule has 2 heterocycles. The molecular weight excluding hydrogens is 218 g/mol. The van der Waals surface area contributed by atoms with E-state index in [1.807, 2.05) is 6.92 Å². The number of nitrogens with zero attached hydrogens (tertiary/aromatic N) is 2. The Morgan fingerprint density at radius 2 is 2.35 bits per heavy atom. The van der Waals surface area contributed by atoms with Crippen molar-refractivity contribution in [1.29, 1.82) is 0 Å². The Morgan fingerprint density at radius 1 is 1.59 bits per heavy atom. The van der Waals surface area contributed by atoms with Crippen molar-refractivity contribution in [2.75, 3.05) is 20.2 Å². The van der Waals surface area contributed by atoms with Gasteiger partial charge in [0, 0.05) is 13.7 Å². The highest BCUT2D eigenvalue weighted by atomic mass is 16.5. The van der Waals surface area contributed by atoms with E-state index < -0.39 is 5.60 Å². The molecule has 1 fully saturated rings. The Kier molecular flexibility index (Phi) is 3.23. The Labute approximate surface area is 102 Å². The van der Waals surface area contributed by atoms with E-state index in [9.17, 15) is 0 Å². The van der Waals surface area contributed by atoms with Crippen molar-refractivity contribution >= 4 is 0 Å². The summed E-state index contributed by atoms with van der Waals surface area (Å²) in [6, 6.07) is 0. The molecule has 1 aliphatic rings. The van der Waals surface area contributed by atoms with E-state index in [-0.39, 0.29) is 5.41 Å². The van der Waals surface area contributed by atoms with Crippen molar-refractivity contribution in [2.45, 2.75) is 44.6 Å². The minimum Gasteiger partial charge on any atom is -0.370 e. The second-order valence-corrected chi connectivity index (χ2v) is 5.20. The molecule has 0 bridgehead atoms. The number of methoxy groups -OCH3 is 1. The first-order valence-corrected chi connectivity index (χ1v) is 6.14. The van der Waals surface area contributed by atoms with Crippen LogP contribution in [0.4, 0.5) is 0 Å². The highest BCUT2D eigenvalue weighted by molar-refractivity contribution is 5.10. The molecule has 17 heavy (non-hydrogen) atoms. The maximum atomic E-state index is 5.48. The zero-order chi connectivity index (χ0) is 12.5. The highest BCUT2D eigenvalue weighted by Crippen LogP contribution is 2.32. The van der Waals surface area contributed by atoms with Crippen molar-refractivity contribution in [3.8, 4) is 0 Å². The fourth-order valence-corrected chi connectivity index (χ4v) is 2.08. The first-order valence-electron chi connectivity index (χ1n) is 6.14. The Balaban J connectivity index is 2.27. The second kappa shape index (κ2) is 4.38. The van der Waals surface area contributed by atoms with Crippen molar-refractivity contribution in [2.24, 2.45) is 0 Å². The smallest absolute Gasteiger partial charge is 0.234 e. The maximum absolute atomic E-state index is 5.48. The van der Waals surface area contributed by atoms with Gasteiger partial charge in [0.2, 0.25) is 11.7 Å². The summed E-state index contributed by atoms with van der Waals surface area (Å²) in [4.78, 5) is 4.54. The van der Waals surface area contributed by atoms with Crippen molar-refractivity contribution in [3.05, 3.63) is 11.7 Å². The van der Waals surface area contributed by atoms with E-state index >= 15 is 0 Å². The van der Waals surface area contributed by atoms with Crippen LogP contribution in [0.2, 0.25) is 0 Å². The number of hydrogen-bond donors (Lipinski definition) is 1. The van der Waals surface area contributed by atoms with Gasteiger partial charge in [-0.3, -0.25) is 0 Å². The van der Waals surface area contributed by atoms with E-state index in [1.165, 1.54) is 0 Å². The normalized spacial score (nSPS) is 28.2. The molecule has 2 unspecified atom stereocenters. The van der Waals surface area contributed by atoms with Gasteiger partial charge >= 0.3 is 0 Å². The minimum atomic E-state index is -0.454. The van der Waals surface area contributed by atoms with Gasteiger partial charge in [0.15, 0.2) is 0 Å². The molecule has 0 aliphatic carbocycles. The first kappa shape index (κ1) is 12.5. The highest BCUT2D eigenvalue weighted by Gasteiger charge is 2.38. The summed E-state index contributed by atoms with van der Waals surface area (Å²) in [7, 11) is 1.68. The molecule has 1 aromatic rings. The van der Waals surface area contributed by atoms with Crippen molar-refractivity contribution in [1.82, 2.24) is 15.5 Å². The number of rotatable bonds is 4. The van der Waals surface area contributed by atoms with Crippen LogP contribution in [0.25, 0.3) is 0 Å². The molecule has 5 heteroatoms. The SMILES string of the molecule is CCC(C)(OC)c1noc(C2(C)CCNC2)n1. The van der Waals surface area contributed by atoms with Crippen LogP contribution < -0.4 is 5.32 Å². The molecule has 1 N–H and O–H groups in total. The molecule has 0 aromatic carbocycles. The number of aromatic nitrogens is 2. The molecule has 1 aliphatic heterocycles. The van der Waals surface area contributed by atoms with E-state index in [4.69, 9.17) is 9.26 Å². The van der Waals surface area contributed by atoms with Crippen molar-refractivity contribution in [3.63, 3.8) is 0 Å². The van der Waals surface area contributed by atoms with Crippen LogP contribution in [0.5, 0.6) is 0 Å². The third-order valence-corrected chi connectivity index (χ3v) is 3.91. The predicted octanol–water partition coefficient (Wildman–Crippen LogP) is 1.59.